The van der Waals surface area contributed by atoms with Gasteiger partial charge in [0.15, 0.2) is 0 Å². The average Bonchev–Trinajstić information content (AvgIpc) is 3.09. The first-order valence-electron chi connectivity index (χ1n) is 9.33. The molecule has 7 heteroatoms. The van der Waals surface area contributed by atoms with Gasteiger partial charge < -0.3 is 10.1 Å². The van der Waals surface area contributed by atoms with Crippen molar-refractivity contribution in [2.45, 2.75) is 64.1 Å². The van der Waals surface area contributed by atoms with Crippen LogP contribution in [-0.2, 0) is 6.54 Å². The van der Waals surface area contributed by atoms with Crippen molar-refractivity contribution in [1.29, 1.82) is 0 Å². The van der Waals surface area contributed by atoms with E-state index in [9.17, 15) is 0 Å². The zero-order valence-electron chi connectivity index (χ0n) is 14.7. The molecular formula is C18H26N6O. The van der Waals surface area contributed by atoms with E-state index >= 15 is 0 Å². The zero-order chi connectivity index (χ0) is 17.1. The van der Waals surface area contributed by atoms with E-state index in [1.165, 1.54) is 12.8 Å². The second kappa shape index (κ2) is 7.37. The smallest absolute Gasteiger partial charge is 0.226 e. The molecule has 1 N–H and O–H groups in total. The van der Waals surface area contributed by atoms with Gasteiger partial charge in [-0.3, -0.25) is 4.68 Å². The van der Waals surface area contributed by atoms with Crippen molar-refractivity contribution < 1.29 is 4.74 Å². The Hall–Kier alpha value is -2.18. The Bertz CT molecular complexity index is 662. The minimum absolute atomic E-state index is 0.301. The van der Waals surface area contributed by atoms with Gasteiger partial charge in [-0.25, -0.2) is 9.97 Å². The van der Waals surface area contributed by atoms with E-state index in [-0.39, 0.29) is 0 Å². The van der Waals surface area contributed by atoms with Crippen LogP contribution in [0.15, 0.2) is 24.9 Å². The minimum Gasteiger partial charge on any atom is -0.474 e. The first-order valence-corrected chi connectivity index (χ1v) is 9.33. The Morgan fingerprint density at radius 1 is 1.24 bits per heavy atom. The molecule has 134 valence electrons. The van der Waals surface area contributed by atoms with Gasteiger partial charge in [-0.1, -0.05) is 6.92 Å². The first kappa shape index (κ1) is 16.3. The molecule has 0 unspecified atom stereocenters. The first-order chi connectivity index (χ1) is 12.2. The van der Waals surface area contributed by atoms with Crippen LogP contribution in [0.4, 0.5) is 5.95 Å². The number of hydrogen-bond acceptors (Lipinski definition) is 6. The van der Waals surface area contributed by atoms with Crippen molar-refractivity contribution in [1.82, 2.24) is 24.7 Å². The summed E-state index contributed by atoms with van der Waals surface area (Å²) in [4.78, 5) is 12.9. The number of hydrogen-bond donors (Lipinski definition) is 1. The molecule has 0 atom stereocenters. The van der Waals surface area contributed by atoms with Gasteiger partial charge in [-0.2, -0.15) is 10.1 Å². The minimum atomic E-state index is 0.301. The fourth-order valence-electron chi connectivity index (χ4n) is 3.77. The van der Waals surface area contributed by atoms with E-state index in [0.717, 1.165) is 38.1 Å². The number of rotatable bonds is 6. The van der Waals surface area contributed by atoms with Gasteiger partial charge >= 0.3 is 0 Å². The fourth-order valence-corrected chi connectivity index (χ4v) is 3.77. The van der Waals surface area contributed by atoms with E-state index in [4.69, 9.17) is 4.74 Å². The van der Waals surface area contributed by atoms with Gasteiger partial charge in [0.2, 0.25) is 11.8 Å². The molecule has 0 radical (unpaired) electrons. The van der Waals surface area contributed by atoms with E-state index < -0.39 is 0 Å². The topological polar surface area (TPSA) is 77.8 Å². The van der Waals surface area contributed by atoms with Crippen LogP contribution < -0.4 is 10.1 Å². The Morgan fingerprint density at radius 2 is 2.08 bits per heavy atom. The lowest BCUT2D eigenvalue weighted by Gasteiger charge is -2.35. The molecule has 2 aliphatic carbocycles. The van der Waals surface area contributed by atoms with Crippen LogP contribution >= 0.6 is 0 Å². The van der Waals surface area contributed by atoms with E-state index in [1.54, 1.807) is 18.9 Å². The molecule has 0 spiro atoms. The molecule has 2 saturated carbocycles. The highest BCUT2D eigenvalue weighted by Crippen LogP contribution is 2.31. The lowest BCUT2D eigenvalue weighted by atomic mass is 9.80. The third kappa shape index (κ3) is 4.27. The largest absolute Gasteiger partial charge is 0.474 e. The molecule has 25 heavy (non-hydrogen) atoms. The van der Waals surface area contributed by atoms with E-state index in [2.05, 4.69) is 32.3 Å². The predicted molar refractivity (Wildman–Crippen MR) is 94.2 cm³/mol. The predicted octanol–water partition coefficient (Wildman–Crippen LogP) is 2.92. The lowest BCUT2D eigenvalue weighted by Crippen LogP contribution is -2.38. The number of nitrogens with zero attached hydrogens (tertiary/aromatic N) is 5. The van der Waals surface area contributed by atoms with Gasteiger partial charge in [-0.05, 0) is 50.4 Å². The SMILES string of the molecule is CC1CCC(Oc2ccnc(NC3CC(Cn4cncn4)C3)n2)CC1. The second-order valence-electron chi connectivity index (χ2n) is 7.51. The van der Waals surface area contributed by atoms with Crippen molar-refractivity contribution >= 4 is 5.95 Å². The van der Waals surface area contributed by atoms with Crippen LogP contribution in [0, 0.1) is 11.8 Å². The van der Waals surface area contributed by atoms with Crippen molar-refractivity contribution in [3.8, 4) is 5.88 Å². The Morgan fingerprint density at radius 3 is 2.84 bits per heavy atom. The summed E-state index contributed by atoms with van der Waals surface area (Å²) in [6.07, 6.45) is 12.4. The number of aromatic nitrogens is 5. The molecule has 2 aromatic rings. The summed E-state index contributed by atoms with van der Waals surface area (Å²) in [6, 6.07) is 2.29. The normalized spacial score (nSPS) is 29.0. The monoisotopic (exact) mass is 342 g/mol. The molecule has 0 amide bonds. The number of ether oxygens (including phenoxy) is 1. The van der Waals surface area contributed by atoms with Crippen LogP contribution in [0.3, 0.4) is 0 Å². The number of anilines is 1. The molecule has 0 aliphatic heterocycles. The Balaban J connectivity index is 1.25. The van der Waals surface area contributed by atoms with Crippen molar-refractivity contribution in [3.05, 3.63) is 24.9 Å². The van der Waals surface area contributed by atoms with Gasteiger partial charge in [0, 0.05) is 24.8 Å². The van der Waals surface area contributed by atoms with Crippen LogP contribution in [-0.4, -0.2) is 36.9 Å². The molecule has 0 aromatic carbocycles. The van der Waals surface area contributed by atoms with Gasteiger partial charge in [0.05, 0.1) is 0 Å². The molecule has 0 saturated heterocycles. The van der Waals surface area contributed by atoms with Crippen LogP contribution in [0.25, 0.3) is 0 Å². The second-order valence-corrected chi connectivity index (χ2v) is 7.51. The van der Waals surface area contributed by atoms with Crippen LogP contribution in [0.1, 0.15) is 45.4 Å². The summed E-state index contributed by atoms with van der Waals surface area (Å²) in [7, 11) is 0. The van der Waals surface area contributed by atoms with Gasteiger partial charge in [0.1, 0.15) is 18.8 Å². The molecule has 0 bridgehead atoms. The third-order valence-corrected chi connectivity index (χ3v) is 5.36. The quantitative estimate of drug-likeness (QED) is 0.870. The van der Waals surface area contributed by atoms with Crippen LogP contribution in [0.2, 0.25) is 0 Å². The maximum atomic E-state index is 6.06. The summed E-state index contributed by atoms with van der Waals surface area (Å²) in [5.74, 6) is 2.83. The van der Waals surface area contributed by atoms with Crippen molar-refractivity contribution in [2.75, 3.05) is 5.32 Å². The fraction of sp³-hybridized carbons (Fsp3) is 0.667. The summed E-state index contributed by atoms with van der Waals surface area (Å²) in [5, 5.41) is 7.59. The van der Waals surface area contributed by atoms with Crippen LogP contribution in [0.5, 0.6) is 5.88 Å². The van der Waals surface area contributed by atoms with Crippen molar-refractivity contribution in [3.63, 3.8) is 0 Å². The molecule has 2 aliphatic rings. The van der Waals surface area contributed by atoms with Crippen molar-refractivity contribution in [2.24, 2.45) is 11.8 Å². The summed E-state index contributed by atoms with van der Waals surface area (Å²) in [6.45, 7) is 3.25. The lowest BCUT2D eigenvalue weighted by molar-refractivity contribution is 0.130. The maximum absolute atomic E-state index is 6.06. The molecule has 2 aromatic heterocycles. The maximum Gasteiger partial charge on any atom is 0.226 e. The third-order valence-electron chi connectivity index (χ3n) is 5.36. The highest BCUT2D eigenvalue weighted by Gasteiger charge is 2.30. The Labute approximate surface area is 148 Å². The van der Waals surface area contributed by atoms with Gasteiger partial charge in [-0.15, -0.1) is 0 Å². The average molecular weight is 342 g/mol. The van der Waals surface area contributed by atoms with E-state index in [1.807, 2.05) is 10.7 Å². The standard InChI is InChI=1S/C18H26N6O/c1-13-2-4-16(5-3-13)25-17-6-7-20-18(23-17)22-15-8-14(9-15)10-24-12-19-11-21-24/h6-7,11-16H,2-5,8-10H2,1H3,(H,20,22,23). The number of nitrogens with one attached hydrogen (secondary N) is 1. The summed E-state index contributed by atoms with van der Waals surface area (Å²) < 4.78 is 7.96. The molecule has 4 rings (SSSR count). The zero-order valence-corrected chi connectivity index (χ0v) is 14.7. The molecular weight excluding hydrogens is 316 g/mol. The molecule has 2 fully saturated rings. The summed E-state index contributed by atoms with van der Waals surface area (Å²) >= 11 is 0. The molecule has 2 heterocycles. The highest BCUT2D eigenvalue weighted by molar-refractivity contribution is 5.30. The van der Waals surface area contributed by atoms with E-state index in [0.29, 0.717) is 29.9 Å². The highest BCUT2D eigenvalue weighted by atomic mass is 16.5. The van der Waals surface area contributed by atoms with Gasteiger partial charge in [0.25, 0.3) is 0 Å². The summed E-state index contributed by atoms with van der Waals surface area (Å²) in [5.41, 5.74) is 0. The molecule has 7 nitrogen and oxygen atoms in total. The Kier molecular flexibility index (Phi) is 4.81.